The van der Waals surface area contributed by atoms with Crippen LogP contribution >= 0.6 is 0 Å². The molecule has 1 amide bonds. The third kappa shape index (κ3) is 2.19. The first-order valence-corrected chi connectivity index (χ1v) is 6.18. The molecule has 0 aliphatic heterocycles. The van der Waals surface area contributed by atoms with E-state index in [-0.39, 0.29) is 17.8 Å². The number of amides is 1. The largest absolute Gasteiger partial charge is 0.339 e. The normalized spacial score (nSPS) is 18.6. The highest BCUT2D eigenvalue weighted by atomic mass is 19.1. The molecule has 2 rings (SSSR count). The van der Waals surface area contributed by atoms with Gasteiger partial charge in [-0.2, -0.15) is 0 Å². The first-order chi connectivity index (χ1) is 8.15. The molecule has 0 radical (unpaired) electrons. The van der Waals surface area contributed by atoms with Gasteiger partial charge in [0.05, 0.1) is 6.04 Å². The van der Waals surface area contributed by atoms with Gasteiger partial charge in [0.25, 0.3) is 0 Å². The molecule has 0 fully saturated rings. The molecule has 0 heterocycles. The lowest BCUT2D eigenvalue weighted by molar-refractivity contribution is -0.132. The van der Waals surface area contributed by atoms with Crippen molar-refractivity contribution >= 4 is 5.91 Å². The summed E-state index contributed by atoms with van der Waals surface area (Å²) in [6.45, 7) is 1.86. The van der Waals surface area contributed by atoms with E-state index in [4.69, 9.17) is 0 Å². The summed E-state index contributed by atoms with van der Waals surface area (Å²) in [5.74, 6) is -0.0170. The number of hydrogen-bond donors (Lipinski definition) is 0. The predicted octanol–water partition coefficient (Wildman–Crippen LogP) is 3.07. The van der Waals surface area contributed by atoms with Gasteiger partial charge in [-0.15, -0.1) is 0 Å². The quantitative estimate of drug-likeness (QED) is 0.771. The lowest BCUT2D eigenvalue weighted by Gasteiger charge is -2.33. The number of halogens is 1. The molecule has 0 bridgehead atoms. The summed E-state index contributed by atoms with van der Waals surface area (Å²) in [4.78, 5) is 13.5. The van der Waals surface area contributed by atoms with Gasteiger partial charge in [-0.05, 0) is 36.5 Å². The van der Waals surface area contributed by atoms with Gasteiger partial charge in [0.1, 0.15) is 5.82 Å². The van der Waals surface area contributed by atoms with Crippen LogP contribution in [0.5, 0.6) is 0 Å². The lowest BCUT2D eigenvalue weighted by atomic mass is 9.86. The van der Waals surface area contributed by atoms with Crippen LogP contribution in [0.15, 0.2) is 18.2 Å². The maximum Gasteiger partial charge on any atom is 0.222 e. The molecular formula is C14H18FNO. The Morgan fingerprint density at radius 1 is 1.53 bits per heavy atom. The number of benzene rings is 1. The predicted molar refractivity (Wildman–Crippen MR) is 65.1 cm³/mol. The average Bonchev–Trinajstić information content (AvgIpc) is 2.37. The fourth-order valence-electron chi connectivity index (χ4n) is 2.60. The number of rotatable bonds is 2. The van der Waals surface area contributed by atoms with E-state index in [2.05, 4.69) is 0 Å². The van der Waals surface area contributed by atoms with E-state index >= 15 is 0 Å². The van der Waals surface area contributed by atoms with E-state index in [1.807, 2.05) is 20.0 Å². The lowest BCUT2D eigenvalue weighted by Crippen LogP contribution is -2.33. The Bertz CT molecular complexity index is 430. The smallest absolute Gasteiger partial charge is 0.222 e. The number of carbonyl (C=O) groups excluding carboxylic acids is 1. The van der Waals surface area contributed by atoms with Crippen molar-refractivity contribution in [2.45, 2.75) is 38.6 Å². The minimum atomic E-state index is -0.135. The van der Waals surface area contributed by atoms with Gasteiger partial charge in [-0.1, -0.05) is 19.1 Å². The van der Waals surface area contributed by atoms with Crippen molar-refractivity contribution in [1.29, 1.82) is 0 Å². The number of hydrogen-bond acceptors (Lipinski definition) is 1. The van der Waals surface area contributed by atoms with Crippen molar-refractivity contribution in [3.05, 3.63) is 35.1 Å². The summed E-state index contributed by atoms with van der Waals surface area (Å²) in [6, 6.07) is 5.23. The molecule has 0 saturated carbocycles. The second kappa shape index (κ2) is 4.86. The van der Waals surface area contributed by atoms with Crippen LogP contribution in [0.2, 0.25) is 0 Å². The van der Waals surface area contributed by atoms with Crippen LogP contribution < -0.4 is 0 Å². The Morgan fingerprint density at radius 2 is 2.29 bits per heavy atom. The van der Waals surface area contributed by atoms with Crippen LogP contribution in [0.4, 0.5) is 4.39 Å². The molecule has 0 N–H and O–H groups in total. The maximum atomic E-state index is 13.7. The zero-order valence-electron chi connectivity index (χ0n) is 10.4. The third-order valence-corrected chi connectivity index (χ3v) is 3.58. The van der Waals surface area contributed by atoms with Crippen molar-refractivity contribution in [2.75, 3.05) is 7.05 Å². The van der Waals surface area contributed by atoms with Crippen LogP contribution in [0.25, 0.3) is 0 Å². The summed E-state index contributed by atoms with van der Waals surface area (Å²) >= 11 is 0. The van der Waals surface area contributed by atoms with Gasteiger partial charge >= 0.3 is 0 Å². The summed E-state index contributed by atoms with van der Waals surface area (Å²) in [6.07, 6.45) is 3.16. The standard InChI is InChI=1S/C14H18FNO/c1-3-14(17)16(2)13-9-5-6-10-11(13)7-4-8-12(10)15/h4,7-8,13H,3,5-6,9H2,1-2H3/t13-/m1/s1. The molecule has 1 aliphatic rings. The molecule has 0 spiro atoms. The van der Waals surface area contributed by atoms with Crippen molar-refractivity contribution in [3.63, 3.8) is 0 Å². The zero-order valence-corrected chi connectivity index (χ0v) is 10.4. The van der Waals surface area contributed by atoms with E-state index in [1.165, 1.54) is 6.07 Å². The SMILES string of the molecule is CCC(=O)N(C)[C@@H]1CCCc2c(F)cccc21. The van der Waals surface area contributed by atoms with E-state index < -0.39 is 0 Å². The van der Waals surface area contributed by atoms with Crippen LogP contribution in [-0.4, -0.2) is 17.9 Å². The fourth-order valence-corrected chi connectivity index (χ4v) is 2.60. The monoisotopic (exact) mass is 235 g/mol. The number of fused-ring (bicyclic) bond motifs is 1. The molecule has 1 atom stereocenters. The Balaban J connectivity index is 2.35. The minimum absolute atomic E-state index is 0.0434. The Hall–Kier alpha value is -1.38. The van der Waals surface area contributed by atoms with Crippen LogP contribution in [0.1, 0.15) is 43.4 Å². The molecule has 0 aromatic heterocycles. The Labute approximate surface area is 101 Å². The van der Waals surface area contributed by atoms with E-state index in [0.29, 0.717) is 6.42 Å². The molecule has 1 aromatic carbocycles. The highest BCUT2D eigenvalue weighted by Gasteiger charge is 2.27. The first kappa shape index (κ1) is 12.1. The van der Waals surface area contributed by atoms with Crippen molar-refractivity contribution in [2.24, 2.45) is 0 Å². The molecule has 0 saturated heterocycles. The Morgan fingerprint density at radius 3 is 3.00 bits per heavy atom. The third-order valence-electron chi connectivity index (χ3n) is 3.58. The van der Waals surface area contributed by atoms with E-state index in [0.717, 1.165) is 30.4 Å². The summed E-state index contributed by atoms with van der Waals surface area (Å²) < 4.78 is 13.7. The van der Waals surface area contributed by atoms with Crippen molar-refractivity contribution in [3.8, 4) is 0 Å². The van der Waals surface area contributed by atoms with Gasteiger partial charge in [0, 0.05) is 13.5 Å². The minimum Gasteiger partial charge on any atom is -0.339 e. The second-order valence-corrected chi connectivity index (χ2v) is 4.57. The first-order valence-electron chi connectivity index (χ1n) is 6.18. The van der Waals surface area contributed by atoms with Crippen molar-refractivity contribution in [1.82, 2.24) is 4.90 Å². The van der Waals surface area contributed by atoms with Gasteiger partial charge in [0.2, 0.25) is 5.91 Å². The van der Waals surface area contributed by atoms with Gasteiger partial charge in [-0.25, -0.2) is 4.39 Å². The molecular weight excluding hydrogens is 217 g/mol. The van der Waals surface area contributed by atoms with Crippen LogP contribution in [0.3, 0.4) is 0 Å². The molecule has 0 unspecified atom stereocenters. The zero-order chi connectivity index (χ0) is 12.4. The van der Waals surface area contributed by atoms with E-state index in [1.54, 1.807) is 11.0 Å². The molecule has 3 heteroatoms. The molecule has 17 heavy (non-hydrogen) atoms. The van der Waals surface area contributed by atoms with Gasteiger partial charge in [-0.3, -0.25) is 4.79 Å². The van der Waals surface area contributed by atoms with E-state index in [9.17, 15) is 9.18 Å². The number of carbonyl (C=O) groups is 1. The number of nitrogens with zero attached hydrogens (tertiary/aromatic N) is 1. The Kier molecular flexibility index (Phi) is 3.46. The second-order valence-electron chi connectivity index (χ2n) is 4.57. The van der Waals surface area contributed by atoms with Crippen molar-refractivity contribution < 1.29 is 9.18 Å². The van der Waals surface area contributed by atoms with Crippen LogP contribution in [0, 0.1) is 5.82 Å². The summed E-state index contributed by atoms with van der Waals surface area (Å²) in [5.41, 5.74) is 1.78. The average molecular weight is 235 g/mol. The molecule has 2 nitrogen and oxygen atoms in total. The molecule has 92 valence electrons. The molecule has 1 aliphatic carbocycles. The molecule has 1 aromatic rings. The maximum absolute atomic E-state index is 13.7. The topological polar surface area (TPSA) is 20.3 Å². The summed E-state index contributed by atoms with van der Waals surface area (Å²) in [7, 11) is 1.82. The highest BCUT2D eigenvalue weighted by molar-refractivity contribution is 5.76. The van der Waals surface area contributed by atoms with Crippen LogP contribution in [-0.2, 0) is 11.2 Å². The fraction of sp³-hybridized carbons (Fsp3) is 0.500. The van der Waals surface area contributed by atoms with Gasteiger partial charge in [0.15, 0.2) is 0 Å². The van der Waals surface area contributed by atoms with Gasteiger partial charge < -0.3 is 4.90 Å². The summed E-state index contributed by atoms with van der Waals surface area (Å²) in [5, 5.41) is 0. The highest BCUT2D eigenvalue weighted by Crippen LogP contribution is 2.34.